The molecule has 1 atom stereocenters. The summed E-state index contributed by atoms with van der Waals surface area (Å²) in [5.41, 5.74) is 7.45. The van der Waals surface area contributed by atoms with Crippen molar-refractivity contribution in [2.75, 3.05) is 13.1 Å². The SMILES string of the molecule is CC(CN)C(=O)N(CCc1ccccn1)Cc1ccc(F)cc1.Cl.Cl. The second kappa shape index (κ2) is 11.8. The molecule has 0 aliphatic rings. The molecule has 1 aromatic heterocycles. The van der Waals surface area contributed by atoms with Crippen LogP contribution in [-0.4, -0.2) is 28.9 Å². The van der Waals surface area contributed by atoms with Crippen LogP contribution in [0.25, 0.3) is 0 Å². The summed E-state index contributed by atoms with van der Waals surface area (Å²) in [7, 11) is 0. The van der Waals surface area contributed by atoms with E-state index in [0.717, 1.165) is 11.3 Å². The standard InChI is InChI=1S/C18H22FN3O.2ClH/c1-14(12-20)18(23)22(11-9-17-4-2-3-10-21-17)13-15-5-7-16(19)8-6-15;;/h2-8,10,14H,9,11-13,20H2,1H3;2*1H. The van der Waals surface area contributed by atoms with E-state index in [2.05, 4.69) is 4.98 Å². The third-order valence-corrected chi connectivity index (χ3v) is 3.74. The number of hydrogen-bond acceptors (Lipinski definition) is 3. The third kappa shape index (κ3) is 7.38. The van der Waals surface area contributed by atoms with Gasteiger partial charge in [0, 0.05) is 43.9 Å². The van der Waals surface area contributed by atoms with Gasteiger partial charge in [-0.05, 0) is 29.8 Å². The highest BCUT2D eigenvalue weighted by Crippen LogP contribution is 2.11. The first-order valence-electron chi connectivity index (χ1n) is 7.73. The van der Waals surface area contributed by atoms with Crippen LogP contribution in [-0.2, 0) is 17.8 Å². The van der Waals surface area contributed by atoms with Crippen LogP contribution in [0.2, 0.25) is 0 Å². The molecule has 0 fully saturated rings. The monoisotopic (exact) mass is 387 g/mol. The van der Waals surface area contributed by atoms with Crippen molar-refractivity contribution in [2.45, 2.75) is 19.9 Å². The first-order chi connectivity index (χ1) is 11.1. The van der Waals surface area contributed by atoms with Gasteiger partial charge in [-0.15, -0.1) is 24.8 Å². The molecule has 2 aromatic rings. The van der Waals surface area contributed by atoms with E-state index >= 15 is 0 Å². The lowest BCUT2D eigenvalue weighted by atomic mass is 10.1. The van der Waals surface area contributed by atoms with E-state index in [1.54, 1.807) is 23.2 Å². The Hall–Kier alpha value is -1.69. The molecular weight excluding hydrogens is 364 g/mol. The zero-order valence-corrected chi connectivity index (χ0v) is 15.7. The molecule has 1 aromatic carbocycles. The number of carbonyl (C=O) groups is 1. The summed E-state index contributed by atoms with van der Waals surface area (Å²) in [4.78, 5) is 18.6. The molecule has 138 valence electrons. The zero-order valence-electron chi connectivity index (χ0n) is 14.1. The maximum atomic E-state index is 13.0. The van der Waals surface area contributed by atoms with Crippen molar-refractivity contribution in [3.8, 4) is 0 Å². The fourth-order valence-electron chi connectivity index (χ4n) is 2.29. The molecule has 0 saturated carbocycles. The Morgan fingerprint density at radius 2 is 1.88 bits per heavy atom. The number of amides is 1. The number of aromatic nitrogens is 1. The summed E-state index contributed by atoms with van der Waals surface area (Å²) in [5, 5.41) is 0. The number of halogens is 3. The fourth-order valence-corrected chi connectivity index (χ4v) is 2.29. The molecule has 1 amide bonds. The third-order valence-electron chi connectivity index (χ3n) is 3.74. The Morgan fingerprint density at radius 1 is 1.20 bits per heavy atom. The van der Waals surface area contributed by atoms with Crippen LogP contribution < -0.4 is 5.73 Å². The predicted molar refractivity (Wildman–Crippen MR) is 102 cm³/mol. The number of benzene rings is 1. The molecule has 0 spiro atoms. The number of rotatable bonds is 7. The van der Waals surface area contributed by atoms with Gasteiger partial charge in [0.25, 0.3) is 0 Å². The van der Waals surface area contributed by atoms with Crippen molar-refractivity contribution in [1.29, 1.82) is 0 Å². The Balaban J connectivity index is 0.00000288. The summed E-state index contributed by atoms with van der Waals surface area (Å²) in [6.45, 7) is 3.12. The van der Waals surface area contributed by atoms with E-state index < -0.39 is 0 Å². The molecule has 7 heteroatoms. The van der Waals surface area contributed by atoms with Gasteiger partial charge >= 0.3 is 0 Å². The topological polar surface area (TPSA) is 59.2 Å². The zero-order chi connectivity index (χ0) is 16.7. The van der Waals surface area contributed by atoms with Crippen LogP contribution in [0.1, 0.15) is 18.2 Å². The van der Waals surface area contributed by atoms with E-state index in [1.807, 2.05) is 25.1 Å². The fraction of sp³-hybridized carbons (Fsp3) is 0.333. The highest BCUT2D eigenvalue weighted by atomic mass is 35.5. The van der Waals surface area contributed by atoms with Crippen LogP contribution in [0.15, 0.2) is 48.7 Å². The van der Waals surface area contributed by atoms with Gasteiger partial charge in [-0.3, -0.25) is 9.78 Å². The molecule has 2 rings (SSSR count). The van der Waals surface area contributed by atoms with Gasteiger partial charge in [-0.2, -0.15) is 0 Å². The van der Waals surface area contributed by atoms with Crippen LogP contribution in [0, 0.1) is 11.7 Å². The largest absolute Gasteiger partial charge is 0.338 e. The maximum Gasteiger partial charge on any atom is 0.226 e. The van der Waals surface area contributed by atoms with E-state index in [0.29, 0.717) is 26.1 Å². The predicted octanol–water partition coefficient (Wildman–Crippen LogP) is 3.23. The minimum absolute atomic E-state index is 0. The Morgan fingerprint density at radius 3 is 2.44 bits per heavy atom. The smallest absolute Gasteiger partial charge is 0.226 e. The lowest BCUT2D eigenvalue weighted by Gasteiger charge is -2.25. The Kier molecular flexibility index (Phi) is 11.0. The number of carbonyl (C=O) groups excluding carboxylic acids is 1. The van der Waals surface area contributed by atoms with Gasteiger partial charge < -0.3 is 10.6 Å². The van der Waals surface area contributed by atoms with Gasteiger partial charge in [-0.1, -0.05) is 25.1 Å². The molecule has 1 heterocycles. The average Bonchev–Trinajstić information content (AvgIpc) is 2.59. The van der Waals surface area contributed by atoms with Gasteiger partial charge in [0.2, 0.25) is 5.91 Å². The van der Waals surface area contributed by atoms with Crippen molar-refractivity contribution < 1.29 is 9.18 Å². The number of pyridine rings is 1. The molecule has 1 unspecified atom stereocenters. The summed E-state index contributed by atoms with van der Waals surface area (Å²) >= 11 is 0. The van der Waals surface area contributed by atoms with Crippen LogP contribution in [0.4, 0.5) is 4.39 Å². The molecule has 2 N–H and O–H groups in total. The summed E-state index contributed by atoms with van der Waals surface area (Å²) < 4.78 is 13.0. The molecule has 0 saturated heterocycles. The van der Waals surface area contributed by atoms with Crippen molar-refractivity contribution in [2.24, 2.45) is 11.7 Å². The highest BCUT2D eigenvalue weighted by molar-refractivity contribution is 5.85. The Labute approximate surface area is 160 Å². The van der Waals surface area contributed by atoms with Crippen molar-refractivity contribution in [3.63, 3.8) is 0 Å². The average molecular weight is 388 g/mol. The van der Waals surface area contributed by atoms with Crippen molar-refractivity contribution >= 4 is 30.7 Å². The van der Waals surface area contributed by atoms with Crippen LogP contribution in [0.5, 0.6) is 0 Å². The van der Waals surface area contributed by atoms with E-state index in [-0.39, 0.29) is 42.5 Å². The normalized spacial score (nSPS) is 11.0. The lowest BCUT2D eigenvalue weighted by Crippen LogP contribution is -2.38. The van der Waals surface area contributed by atoms with Crippen molar-refractivity contribution in [1.82, 2.24) is 9.88 Å². The molecule has 0 bridgehead atoms. The molecule has 0 aliphatic carbocycles. The van der Waals surface area contributed by atoms with E-state index in [1.165, 1.54) is 12.1 Å². The first kappa shape index (κ1) is 23.3. The highest BCUT2D eigenvalue weighted by Gasteiger charge is 2.19. The quantitative estimate of drug-likeness (QED) is 0.792. The molecule has 0 aliphatic heterocycles. The molecule has 0 radical (unpaired) electrons. The molecule has 25 heavy (non-hydrogen) atoms. The van der Waals surface area contributed by atoms with E-state index in [4.69, 9.17) is 5.73 Å². The number of nitrogens with zero attached hydrogens (tertiary/aromatic N) is 2. The van der Waals surface area contributed by atoms with Gasteiger partial charge in [0.15, 0.2) is 0 Å². The molecular formula is C18H24Cl2FN3O. The van der Waals surface area contributed by atoms with E-state index in [9.17, 15) is 9.18 Å². The summed E-state index contributed by atoms with van der Waals surface area (Å²) in [6, 6.07) is 11.9. The van der Waals surface area contributed by atoms with Crippen molar-refractivity contribution in [3.05, 3.63) is 65.7 Å². The second-order valence-corrected chi connectivity index (χ2v) is 5.59. The number of hydrogen-bond donors (Lipinski definition) is 1. The van der Waals surface area contributed by atoms with Gasteiger partial charge in [-0.25, -0.2) is 4.39 Å². The minimum atomic E-state index is -0.282. The number of nitrogens with two attached hydrogens (primary N) is 1. The Bertz CT molecular complexity index is 626. The maximum absolute atomic E-state index is 13.0. The summed E-state index contributed by atoms with van der Waals surface area (Å²) in [5.74, 6) is -0.512. The second-order valence-electron chi connectivity index (χ2n) is 5.59. The minimum Gasteiger partial charge on any atom is -0.338 e. The first-order valence-corrected chi connectivity index (χ1v) is 7.73. The molecule has 4 nitrogen and oxygen atoms in total. The van der Waals surface area contributed by atoms with Crippen LogP contribution >= 0.6 is 24.8 Å². The van der Waals surface area contributed by atoms with Crippen LogP contribution in [0.3, 0.4) is 0 Å². The summed E-state index contributed by atoms with van der Waals surface area (Å²) in [6.07, 6.45) is 2.41. The van der Waals surface area contributed by atoms with Gasteiger partial charge in [0.1, 0.15) is 5.82 Å². The van der Waals surface area contributed by atoms with Gasteiger partial charge in [0.05, 0.1) is 0 Å². The lowest BCUT2D eigenvalue weighted by molar-refractivity contribution is -0.135.